The van der Waals surface area contributed by atoms with Gasteiger partial charge in [0.1, 0.15) is 10.7 Å². The van der Waals surface area contributed by atoms with Gasteiger partial charge < -0.3 is 4.74 Å². The zero-order valence-corrected chi connectivity index (χ0v) is 12.5. The molecule has 2 heterocycles. The molecule has 3 nitrogen and oxygen atoms in total. The Hall–Kier alpha value is -1.75. The molecule has 0 saturated heterocycles. The minimum absolute atomic E-state index is 0.308. The molecule has 0 aromatic carbocycles. The highest BCUT2D eigenvalue weighted by Gasteiger charge is 2.16. The highest BCUT2D eigenvalue weighted by molar-refractivity contribution is 7.17. The first-order valence-corrected chi connectivity index (χ1v) is 7.31. The van der Waals surface area contributed by atoms with Gasteiger partial charge in [0.25, 0.3) is 0 Å². The molecule has 0 N–H and O–H groups in total. The number of carbonyl (C=O) groups excluding carboxylic acids is 1. The van der Waals surface area contributed by atoms with Crippen LogP contribution in [0, 0.1) is 12.7 Å². The van der Waals surface area contributed by atoms with E-state index in [-0.39, 0.29) is 11.8 Å². The topological polar surface area (TPSA) is 39.2 Å². The first kappa shape index (κ1) is 14.7. The van der Waals surface area contributed by atoms with Crippen molar-refractivity contribution in [3.63, 3.8) is 0 Å². The molecule has 0 spiro atoms. The van der Waals surface area contributed by atoms with Crippen LogP contribution in [0.15, 0.2) is 18.2 Å². The van der Waals surface area contributed by atoms with Crippen molar-refractivity contribution in [2.75, 3.05) is 6.61 Å². The van der Waals surface area contributed by atoms with E-state index < -0.39 is 0 Å². The van der Waals surface area contributed by atoms with Crippen molar-refractivity contribution in [1.82, 2.24) is 4.98 Å². The van der Waals surface area contributed by atoms with Crippen molar-refractivity contribution >= 4 is 17.3 Å². The zero-order chi connectivity index (χ0) is 14.7. The quantitative estimate of drug-likeness (QED) is 0.800. The second kappa shape index (κ2) is 6.13. The highest BCUT2D eigenvalue weighted by atomic mass is 32.1. The van der Waals surface area contributed by atoms with Crippen molar-refractivity contribution < 1.29 is 13.9 Å². The van der Waals surface area contributed by atoms with E-state index in [1.807, 2.05) is 13.8 Å². The fourth-order valence-corrected chi connectivity index (χ4v) is 2.91. The van der Waals surface area contributed by atoms with Gasteiger partial charge in [0.05, 0.1) is 17.2 Å². The number of pyridine rings is 1. The largest absolute Gasteiger partial charge is 0.462 e. The molecule has 0 radical (unpaired) electrons. The van der Waals surface area contributed by atoms with Gasteiger partial charge in [-0.2, -0.15) is 0 Å². The second-order valence-corrected chi connectivity index (χ2v) is 5.41. The molecule has 0 unspecified atom stereocenters. The van der Waals surface area contributed by atoms with Crippen molar-refractivity contribution in [2.24, 2.45) is 0 Å². The van der Waals surface area contributed by atoms with Crippen LogP contribution < -0.4 is 0 Å². The Morgan fingerprint density at radius 3 is 2.75 bits per heavy atom. The van der Waals surface area contributed by atoms with Gasteiger partial charge in [-0.05, 0) is 38.0 Å². The molecular weight excluding hydrogens is 277 g/mol. The summed E-state index contributed by atoms with van der Waals surface area (Å²) < 4.78 is 18.6. The number of ether oxygens (including phenoxy) is 1. The van der Waals surface area contributed by atoms with Crippen molar-refractivity contribution in [3.8, 4) is 10.6 Å². The van der Waals surface area contributed by atoms with Crippen molar-refractivity contribution in [1.29, 1.82) is 0 Å². The van der Waals surface area contributed by atoms with Crippen LogP contribution in [0.25, 0.3) is 10.6 Å². The van der Waals surface area contributed by atoms with E-state index in [9.17, 15) is 9.18 Å². The highest BCUT2D eigenvalue weighted by Crippen LogP contribution is 2.32. The minimum atomic E-state index is -0.348. The third kappa shape index (κ3) is 3.04. The van der Waals surface area contributed by atoms with E-state index >= 15 is 0 Å². The summed E-state index contributed by atoms with van der Waals surface area (Å²) in [5.41, 5.74) is 2.17. The van der Waals surface area contributed by atoms with E-state index in [0.717, 1.165) is 10.4 Å². The molecule has 5 heteroatoms. The lowest BCUT2D eigenvalue weighted by Crippen LogP contribution is -2.01. The number of thiophene rings is 1. The molecular formula is C15H16FNO2S. The lowest BCUT2D eigenvalue weighted by Gasteiger charge is -2.03. The van der Waals surface area contributed by atoms with E-state index in [1.54, 1.807) is 13.0 Å². The molecule has 20 heavy (non-hydrogen) atoms. The Bertz CT molecular complexity index is 637. The number of hydrogen-bond donors (Lipinski definition) is 0. The van der Waals surface area contributed by atoms with Crippen LogP contribution in [-0.4, -0.2) is 17.6 Å². The third-order valence-corrected chi connectivity index (χ3v) is 4.07. The number of esters is 1. The number of rotatable bonds is 4. The van der Waals surface area contributed by atoms with Crippen LogP contribution in [0.3, 0.4) is 0 Å². The van der Waals surface area contributed by atoms with Gasteiger partial charge in [-0.25, -0.2) is 9.18 Å². The fourth-order valence-electron chi connectivity index (χ4n) is 1.89. The normalized spacial score (nSPS) is 10.6. The zero-order valence-electron chi connectivity index (χ0n) is 11.7. The predicted octanol–water partition coefficient (Wildman–Crippen LogP) is 4.00. The molecule has 0 aliphatic carbocycles. The predicted molar refractivity (Wildman–Crippen MR) is 77.6 cm³/mol. The number of halogens is 1. The average Bonchev–Trinajstić information content (AvgIpc) is 2.80. The Morgan fingerprint density at radius 1 is 1.35 bits per heavy atom. The van der Waals surface area contributed by atoms with Gasteiger partial charge in [-0.1, -0.05) is 6.92 Å². The second-order valence-electron chi connectivity index (χ2n) is 4.36. The van der Waals surface area contributed by atoms with Crippen molar-refractivity contribution in [2.45, 2.75) is 27.2 Å². The van der Waals surface area contributed by atoms with E-state index in [2.05, 4.69) is 4.98 Å². The first-order valence-electron chi connectivity index (χ1n) is 6.49. The smallest absolute Gasteiger partial charge is 0.348 e. The van der Waals surface area contributed by atoms with Gasteiger partial charge in [0, 0.05) is 11.8 Å². The maximum atomic E-state index is 13.6. The molecule has 0 fully saturated rings. The van der Waals surface area contributed by atoms with Gasteiger partial charge >= 0.3 is 5.97 Å². The van der Waals surface area contributed by atoms with Crippen LogP contribution in [0.5, 0.6) is 0 Å². The number of aryl methyl sites for hydroxylation is 2. The van der Waals surface area contributed by atoms with E-state index in [1.165, 1.54) is 23.5 Å². The molecule has 0 aliphatic heterocycles. The molecule has 0 aliphatic rings. The van der Waals surface area contributed by atoms with Crippen LogP contribution in [-0.2, 0) is 11.2 Å². The number of carbonyl (C=O) groups is 1. The summed E-state index contributed by atoms with van der Waals surface area (Å²) in [4.78, 5) is 17.5. The maximum absolute atomic E-state index is 13.6. The molecule has 106 valence electrons. The van der Waals surface area contributed by atoms with Crippen LogP contribution in [0.2, 0.25) is 0 Å². The lowest BCUT2D eigenvalue weighted by molar-refractivity contribution is 0.0532. The summed E-state index contributed by atoms with van der Waals surface area (Å²) >= 11 is 1.28. The van der Waals surface area contributed by atoms with Crippen LogP contribution >= 0.6 is 11.3 Å². The SMILES string of the molecule is CCOC(=O)c1cc(C)c(-c2cc(F)cc(CC)n2)s1. The van der Waals surface area contributed by atoms with Crippen LogP contribution in [0.4, 0.5) is 4.39 Å². The molecule has 2 aromatic rings. The Morgan fingerprint density at radius 2 is 2.10 bits per heavy atom. The monoisotopic (exact) mass is 293 g/mol. The summed E-state index contributed by atoms with van der Waals surface area (Å²) in [5.74, 6) is -0.656. The van der Waals surface area contributed by atoms with Gasteiger partial charge in [0.15, 0.2) is 0 Å². The number of aromatic nitrogens is 1. The molecule has 0 amide bonds. The molecule has 0 saturated carbocycles. The Labute approximate surface area is 121 Å². The van der Waals surface area contributed by atoms with E-state index in [0.29, 0.717) is 29.3 Å². The standard InChI is InChI=1S/C15H16FNO2S/c1-4-11-7-10(16)8-12(17-11)14-9(3)6-13(20-14)15(18)19-5-2/h6-8H,4-5H2,1-3H3. The van der Waals surface area contributed by atoms with Gasteiger partial charge in [0.2, 0.25) is 0 Å². The molecule has 0 atom stereocenters. The van der Waals surface area contributed by atoms with Gasteiger partial charge in [-0.3, -0.25) is 4.98 Å². The summed E-state index contributed by atoms with van der Waals surface area (Å²) in [7, 11) is 0. The first-order chi connectivity index (χ1) is 9.55. The molecule has 2 aromatic heterocycles. The van der Waals surface area contributed by atoms with E-state index in [4.69, 9.17) is 4.74 Å². The maximum Gasteiger partial charge on any atom is 0.348 e. The molecule has 2 rings (SSSR count). The van der Waals surface area contributed by atoms with Crippen LogP contribution in [0.1, 0.15) is 34.8 Å². The summed E-state index contributed by atoms with van der Waals surface area (Å²) in [6.45, 7) is 5.91. The fraction of sp³-hybridized carbons (Fsp3) is 0.333. The Kier molecular flexibility index (Phi) is 4.49. The lowest BCUT2D eigenvalue weighted by atomic mass is 10.2. The van der Waals surface area contributed by atoms with Gasteiger partial charge in [-0.15, -0.1) is 11.3 Å². The minimum Gasteiger partial charge on any atom is -0.462 e. The van der Waals surface area contributed by atoms with Crippen molar-refractivity contribution in [3.05, 3.63) is 40.2 Å². The number of hydrogen-bond acceptors (Lipinski definition) is 4. The summed E-state index contributed by atoms with van der Waals surface area (Å²) in [6.07, 6.45) is 0.667. The summed E-state index contributed by atoms with van der Waals surface area (Å²) in [5, 5.41) is 0. The number of nitrogens with zero attached hydrogens (tertiary/aromatic N) is 1. The summed E-state index contributed by atoms with van der Waals surface area (Å²) in [6, 6.07) is 4.59. The molecule has 0 bridgehead atoms. The average molecular weight is 293 g/mol. The third-order valence-electron chi connectivity index (χ3n) is 2.83. The Balaban J connectivity index is 2.43.